The van der Waals surface area contributed by atoms with E-state index >= 15 is 0 Å². The van der Waals surface area contributed by atoms with Crippen molar-refractivity contribution in [2.45, 2.75) is 25.2 Å². The van der Waals surface area contributed by atoms with Gasteiger partial charge < -0.3 is 5.11 Å². The van der Waals surface area contributed by atoms with Gasteiger partial charge in [-0.05, 0) is 36.8 Å². The summed E-state index contributed by atoms with van der Waals surface area (Å²) in [6.45, 7) is 0. The fourth-order valence-corrected chi connectivity index (χ4v) is 3.47. The van der Waals surface area contributed by atoms with Crippen LogP contribution in [-0.4, -0.2) is 25.7 Å². The summed E-state index contributed by atoms with van der Waals surface area (Å²) in [5.74, 6) is 2.05. The molecule has 2 aliphatic carbocycles. The molecule has 0 saturated heterocycles. The highest BCUT2D eigenvalue weighted by molar-refractivity contribution is 5.87. The second-order valence-corrected chi connectivity index (χ2v) is 5.29. The molecule has 0 aromatic carbocycles. The summed E-state index contributed by atoms with van der Waals surface area (Å²) in [6.07, 6.45) is 5.52. The van der Waals surface area contributed by atoms with Crippen molar-refractivity contribution < 1.29 is 9.90 Å². The van der Waals surface area contributed by atoms with Crippen LogP contribution in [0.4, 0.5) is 0 Å². The van der Waals surface area contributed by atoms with E-state index in [0.717, 1.165) is 23.3 Å². The molecule has 2 aromatic heterocycles. The molecule has 5 nitrogen and oxygen atoms in total. The minimum Gasteiger partial charge on any atom is -0.478 e. The molecule has 5 heteroatoms. The third-order valence-corrected chi connectivity index (χ3v) is 4.38. The number of aromatic nitrogens is 3. The predicted molar refractivity (Wildman–Crippen MR) is 63.5 cm³/mol. The van der Waals surface area contributed by atoms with Gasteiger partial charge in [0.15, 0.2) is 5.65 Å². The molecule has 0 amide bonds. The second-order valence-electron chi connectivity index (χ2n) is 5.29. The van der Waals surface area contributed by atoms with Crippen molar-refractivity contribution in [3.05, 3.63) is 29.7 Å². The number of carbonyl (C=O) groups is 1. The summed E-state index contributed by atoms with van der Waals surface area (Å²) in [4.78, 5) is 11.0. The lowest BCUT2D eigenvalue weighted by atomic mass is 10.1. The first-order valence-electron chi connectivity index (χ1n) is 6.33. The standard InChI is InChI=1S/C13H13N3O2/c17-13(18)7-4-5-10-14-15-12(16(10)6-7)11-8-2-1-3-9(8)11/h4-6,8-9,11H,1-3H2,(H,17,18). The Morgan fingerprint density at radius 1 is 1.28 bits per heavy atom. The van der Waals surface area contributed by atoms with Gasteiger partial charge in [0.05, 0.1) is 5.56 Å². The zero-order valence-electron chi connectivity index (χ0n) is 9.78. The van der Waals surface area contributed by atoms with Crippen molar-refractivity contribution in [1.29, 1.82) is 0 Å². The molecule has 2 heterocycles. The second kappa shape index (κ2) is 3.31. The van der Waals surface area contributed by atoms with Crippen molar-refractivity contribution in [3.8, 4) is 0 Å². The molecule has 2 aliphatic rings. The van der Waals surface area contributed by atoms with Crippen molar-refractivity contribution in [3.63, 3.8) is 0 Å². The van der Waals surface area contributed by atoms with Gasteiger partial charge in [0.1, 0.15) is 5.82 Å². The number of hydrogen-bond donors (Lipinski definition) is 1. The lowest BCUT2D eigenvalue weighted by Crippen LogP contribution is -2.01. The highest BCUT2D eigenvalue weighted by Crippen LogP contribution is 2.62. The molecule has 0 aliphatic heterocycles. The van der Waals surface area contributed by atoms with E-state index < -0.39 is 5.97 Å². The third-order valence-electron chi connectivity index (χ3n) is 4.38. The Bertz CT molecular complexity index is 639. The Kier molecular flexibility index (Phi) is 1.85. The van der Waals surface area contributed by atoms with Crippen LogP contribution in [0, 0.1) is 11.8 Å². The van der Waals surface area contributed by atoms with Gasteiger partial charge in [-0.25, -0.2) is 4.79 Å². The van der Waals surface area contributed by atoms with Gasteiger partial charge in [0.2, 0.25) is 0 Å². The van der Waals surface area contributed by atoms with Crippen LogP contribution in [0.1, 0.15) is 41.4 Å². The number of rotatable bonds is 2. The van der Waals surface area contributed by atoms with E-state index in [1.54, 1.807) is 18.3 Å². The summed E-state index contributed by atoms with van der Waals surface area (Å²) in [5.41, 5.74) is 1.02. The normalized spacial score (nSPS) is 29.4. The summed E-state index contributed by atoms with van der Waals surface area (Å²) >= 11 is 0. The van der Waals surface area contributed by atoms with Crippen LogP contribution in [0.3, 0.4) is 0 Å². The lowest BCUT2D eigenvalue weighted by molar-refractivity contribution is 0.0696. The third kappa shape index (κ3) is 1.24. The van der Waals surface area contributed by atoms with Crippen molar-refractivity contribution in [2.75, 3.05) is 0 Å². The largest absolute Gasteiger partial charge is 0.478 e. The molecule has 0 spiro atoms. The van der Waals surface area contributed by atoms with Crippen LogP contribution in [0.25, 0.3) is 5.65 Å². The molecule has 2 fully saturated rings. The minimum atomic E-state index is -0.910. The average molecular weight is 243 g/mol. The monoisotopic (exact) mass is 243 g/mol. The lowest BCUT2D eigenvalue weighted by Gasteiger charge is -2.02. The maximum atomic E-state index is 11.0. The molecular weight excluding hydrogens is 230 g/mol. The van der Waals surface area contributed by atoms with E-state index in [1.165, 1.54) is 19.3 Å². The van der Waals surface area contributed by atoms with Crippen LogP contribution in [0.2, 0.25) is 0 Å². The number of pyridine rings is 1. The maximum Gasteiger partial charge on any atom is 0.337 e. The van der Waals surface area contributed by atoms with Gasteiger partial charge in [0, 0.05) is 12.1 Å². The van der Waals surface area contributed by atoms with E-state index in [0.29, 0.717) is 5.92 Å². The summed E-state index contributed by atoms with van der Waals surface area (Å²) in [5, 5.41) is 17.4. The Balaban J connectivity index is 1.81. The van der Waals surface area contributed by atoms with Crippen molar-refractivity contribution >= 4 is 11.6 Å². The highest BCUT2D eigenvalue weighted by Gasteiger charge is 2.55. The van der Waals surface area contributed by atoms with E-state index in [9.17, 15) is 4.79 Å². The molecule has 2 atom stereocenters. The molecule has 0 radical (unpaired) electrons. The Hall–Kier alpha value is -1.91. The van der Waals surface area contributed by atoms with E-state index in [1.807, 2.05) is 4.40 Å². The molecule has 0 bridgehead atoms. The first-order valence-corrected chi connectivity index (χ1v) is 6.33. The number of carboxylic acid groups (broad SMARTS) is 1. The summed E-state index contributed by atoms with van der Waals surface area (Å²) in [6, 6.07) is 3.29. The van der Waals surface area contributed by atoms with Gasteiger partial charge in [-0.2, -0.15) is 0 Å². The van der Waals surface area contributed by atoms with E-state index in [4.69, 9.17) is 5.11 Å². The summed E-state index contributed by atoms with van der Waals surface area (Å²) < 4.78 is 1.85. The van der Waals surface area contributed by atoms with Gasteiger partial charge in [-0.1, -0.05) is 6.42 Å². The number of nitrogens with zero attached hydrogens (tertiary/aromatic N) is 3. The van der Waals surface area contributed by atoms with Crippen molar-refractivity contribution in [1.82, 2.24) is 14.6 Å². The SMILES string of the molecule is O=C(O)c1ccc2nnc(C3C4CCCC43)n2c1. The van der Waals surface area contributed by atoms with Gasteiger partial charge in [-0.15, -0.1) is 10.2 Å². The Labute approximate surface area is 103 Å². The zero-order valence-corrected chi connectivity index (χ0v) is 9.78. The smallest absolute Gasteiger partial charge is 0.337 e. The molecular formula is C13H13N3O2. The van der Waals surface area contributed by atoms with Crippen LogP contribution in [0.5, 0.6) is 0 Å². The number of aromatic carboxylic acids is 1. The van der Waals surface area contributed by atoms with Crippen LogP contribution in [0.15, 0.2) is 18.3 Å². The van der Waals surface area contributed by atoms with E-state index in [-0.39, 0.29) is 5.56 Å². The first-order chi connectivity index (χ1) is 8.75. The van der Waals surface area contributed by atoms with Gasteiger partial charge >= 0.3 is 5.97 Å². The maximum absolute atomic E-state index is 11.0. The topological polar surface area (TPSA) is 67.5 Å². The fourth-order valence-electron chi connectivity index (χ4n) is 3.47. The average Bonchev–Trinajstić information content (AvgIpc) is 2.80. The number of hydrogen-bond acceptors (Lipinski definition) is 3. The number of fused-ring (bicyclic) bond motifs is 2. The predicted octanol–water partition coefficient (Wildman–Crippen LogP) is 1.94. The molecule has 18 heavy (non-hydrogen) atoms. The van der Waals surface area contributed by atoms with Gasteiger partial charge in [0.25, 0.3) is 0 Å². The van der Waals surface area contributed by atoms with Gasteiger partial charge in [-0.3, -0.25) is 4.40 Å². The minimum absolute atomic E-state index is 0.286. The molecule has 2 saturated carbocycles. The molecule has 2 aromatic rings. The molecule has 2 unspecified atom stereocenters. The van der Waals surface area contributed by atoms with Crippen LogP contribution in [-0.2, 0) is 0 Å². The number of carboxylic acids is 1. The quantitative estimate of drug-likeness (QED) is 0.875. The molecule has 1 N–H and O–H groups in total. The summed E-state index contributed by atoms with van der Waals surface area (Å²) in [7, 11) is 0. The Morgan fingerprint density at radius 3 is 2.78 bits per heavy atom. The molecule has 92 valence electrons. The molecule has 4 rings (SSSR count). The zero-order chi connectivity index (χ0) is 12.3. The van der Waals surface area contributed by atoms with Crippen molar-refractivity contribution in [2.24, 2.45) is 11.8 Å². The van der Waals surface area contributed by atoms with Crippen LogP contribution >= 0.6 is 0 Å². The Morgan fingerprint density at radius 2 is 2.06 bits per heavy atom. The van der Waals surface area contributed by atoms with E-state index in [2.05, 4.69) is 10.2 Å². The highest BCUT2D eigenvalue weighted by atomic mass is 16.4. The van der Waals surface area contributed by atoms with Crippen LogP contribution < -0.4 is 0 Å². The first kappa shape index (κ1) is 10.1. The fraction of sp³-hybridized carbons (Fsp3) is 0.462.